The van der Waals surface area contributed by atoms with E-state index in [4.69, 9.17) is 10.3 Å². The molecule has 1 aromatic heterocycles. The molecule has 0 atom stereocenters. The Morgan fingerprint density at radius 3 is 3.07 bits per heavy atom. The lowest BCUT2D eigenvalue weighted by Crippen LogP contribution is -2.02. The fraction of sp³-hybridized carbons (Fsp3) is 0.429. The van der Waals surface area contributed by atoms with Crippen molar-refractivity contribution < 1.29 is 9.53 Å². The second kappa shape index (κ2) is 5.59. The molecular formula is C7H8N4O2S2. The number of hydrogen-bond donors (Lipinski definition) is 0. The van der Waals surface area contributed by atoms with Crippen molar-refractivity contribution in [3.05, 3.63) is 15.3 Å². The maximum atomic E-state index is 11.4. The van der Waals surface area contributed by atoms with Crippen LogP contribution in [-0.2, 0) is 4.74 Å². The summed E-state index contributed by atoms with van der Waals surface area (Å²) in [6, 6.07) is 0. The molecule has 6 nitrogen and oxygen atoms in total. The van der Waals surface area contributed by atoms with Gasteiger partial charge < -0.3 is 4.74 Å². The number of thiazole rings is 1. The Labute approximate surface area is 94.3 Å². The van der Waals surface area contributed by atoms with Crippen molar-refractivity contribution in [2.24, 2.45) is 5.11 Å². The third kappa shape index (κ3) is 2.85. The van der Waals surface area contributed by atoms with Crippen molar-refractivity contribution in [3.8, 4) is 0 Å². The third-order valence-electron chi connectivity index (χ3n) is 1.36. The Morgan fingerprint density at radius 1 is 1.80 bits per heavy atom. The van der Waals surface area contributed by atoms with Crippen LogP contribution in [0.2, 0.25) is 0 Å². The highest BCUT2D eigenvalue weighted by Gasteiger charge is 2.17. The molecule has 0 saturated heterocycles. The number of nitrogens with zero attached hydrogens (tertiary/aromatic N) is 4. The number of esters is 1. The molecule has 0 amide bonds. The van der Waals surface area contributed by atoms with Crippen molar-refractivity contribution >= 4 is 34.9 Å². The molecule has 8 heteroatoms. The summed E-state index contributed by atoms with van der Waals surface area (Å²) in [6.07, 6.45) is 1.83. The topological polar surface area (TPSA) is 88.0 Å². The van der Waals surface area contributed by atoms with E-state index in [1.165, 1.54) is 11.8 Å². The molecule has 0 saturated carbocycles. The van der Waals surface area contributed by atoms with Crippen LogP contribution in [0, 0.1) is 0 Å². The van der Waals surface area contributed by atoms with Gasteiger partial charge in [0.25, 0.3) is 0 Å². The maximum Gasteiger partial charge on any atom is 0.350 e. The summed E-state index contributed by atoms with van der Waals surface area (Å²) in [4.78, 5) is 18.3. The van der Waals surface area contributed by atoms with Gasteiger partial charge in [0.1, 0.15) is 4.88 Å². The molecule has 0 radical (unpaired) electrons. The second-order valence-corrected chi connectivity index (χ2v) is 4.30. The van der Waals surface area contributed by atoms with Crippen molar-refractivity contribution in [2.75, 3.05) is 12.9 Å². The number of rotatable bonds is 4. The van der Waals surface area contributed by atoms with Gasteiger partial charge in [-0.3, -0.25) is 0 Å². The zero-order valence-corrected chi connectivity index (χ0v) is 9.76. The molecule has 0 bridgehead atoms. The average Bonchev–Trinajstić information content (AvgIpc) is 2.62. The fourth-order valence-corrected chi connectivity index (χ4v) is 2.21. The van der Waals surface area contributed by atoms with E-state index in [2.05, 4.69) is 15.0 Å². The zero-order valence-electron chi connectivity index (χ0n) is 8.13. The quantitative estimate of drug-likeness (QED) is 0.268. The van der Waals surface area contributed by atoms with Crippen LogP contribution in [0.15, 0.2) is 9.45 Å². The van der Waals surface area contributed by atoms with Crippen LogP contribution < -0.4 is 0 Å². The van der Waals surface area contributed by atoms with Gasteiger partial charge in [-0.2, -0.15) is 0 Å². The number of hydrogen-bond acceptors (Lipinski definition) is 6. The van der Waals surface area contributed by atoms with E-state index in [-0.39, 0.29) is 17.3 Å². The highest BCUT2D eigenvalue weighted by atomic mass is 32.2. The van der Waals surface area contributed by atoms with Gasteiger partial charge >= 0.3 is 5.97 Å². The van der Waals surface area contributed by atoms with Crippen LogP contribution in [-0.4, -0.2) is 23.8 Å². The molecule has 1 heterocycles. The summed E-state index contributed by atoms with van der Waals surface area (Å²) in [6.45, 7) is 1.99. The molecule has 0 N–H and O–H groups in total. The van der Waals surface area contributed by atoms with Gasteiger partial charge in [-0.1, -0.05) is 11.8 Å². The second-order valence-electron chi connectivity index (χ2n) is 2.25. The molecule has 80 valence electrons. The summed E-state index contributed by atoms with van der Waals surface area (Å²) >= 11 is 2.54. The molecule has 0 aliphatic heterocycles. The molecule has 0 aliphatic rings. The monoisotopic (exact) mass is 244 g/mol. The smallest absolute Gasteiger partial charge is 0.350 e. The number of carbonyl (C=O) groups excluding carboxylic acids is 1. The molecule has 1 aromatic rings. The van der Waals surface area contributed by atoms with E-state index in [0.29, 0.717) is 4.34 Å². The van der Waals surface area contributed by atoms with Crippen LogP contribution in [0.5, 0.6) is 0 Å². The Morgan fingerprint density at radius 2 is 2.53 bits per heavy atom. The number of aromatic nitrogens is 1. The van der Waals surface area contributed by atoms with E-state index in [1.54, 1.807) is 6.92 Å². The van der Waals surface area contributed by atoms with Crippen LogP contribution in [0.1, 0.15) is 16.6 Å². The van der Waals surface area contributed by atoms with E-state index < -0.39 is 5.97 Å². The van der Waals surface area contributed by atoms with E-state index in [9.17, 15) is 4.79 Å². The number of carbonyl (C=O) groups is 1. The largest absolute Gasteiger partial charge is 0.462 e. The molecule has 15 heavy (non-hydrogen) atoms. The Kier molecular flexibility index (Phi) is 4.41. The Bertz CT molecular complexity index is 411. The van der Waals surface area contributed by atoms with Crippen molar-refractivity contribution in [1.82, 2.24) is 4.98 Å². The number of azide groups is 1. The molecule has 0 unspecified atom stereocenters. The number of thioether (sulfide) groups is 1. The van der Waals surface area contributed by atoms with E-state index in [1.807, 2.05) is 6.26 Å². The van der Waals surface area contributed by atoms with Gasteiger partial charge in [-0.15, -0.1) is 11.3 Å². The van der Waals surface area contributed by atoms with Crippen LogP contribution in [0.25, 0.3) is 10.4 Å². The first-order valence-corrected chi connectivity index (χ1v) is 6.04. The fourth-order valence-electron chi connectivity index (χ4n) is 0.820. The highest BCUT2D eigenvalue weighted by molar-refractivity contribution is 8.00. The molecular weight excluding hydrogens is 236 g/mol. The van der Waals surface area contributed by atoms with Gasteiger partial charge in [-0.25, -0.2) is 9.78 Å². The van der Waals surface area contributed by atoms with Crippen molar-refractivity contribution in [3.63, 3.8) is 0 Å². The minimum absolute atomic E-state index is 0.0882. The van der Waals surface area contributed by atoms with Gasteiger partial charge in [0.2, 0.25) is 0 Å². The lowest BCUT2D eigenvalue weighted by molar-refractivity contribution is 0.0533. The highest BCUT2D eigenvalue weighted by Crippen LogP contribution is 2.31. The first kappa shape index (κ1) is 11.8. The predicted molar refractivity (Wildman–Crippen MR) is 58.7 cm³/mol. The van der Waals surface area contributed by atoms with Gasteiger partial charge in [-0.05, 0) is 23.8 Å². The van der Waals surface area contributed by atoms with E-state index in [0.717, 1.165) is 11.3 Å². The number of ether oxygens (including phenoxy) is 1. The molecule has 0 fully saturated rings. The van der Waals surface area contributed by atoms with Gasteiger partial charge in [0, 0.05) is 4.91 Å². The summed E-state index contributed by atoms with van der Waals surface area (Å²) < 4.78 is 5.48. The Balaban J connectivity index is 3.08. The first-order chi connectivity index (χ1) is 7.22. The molecule has 0 aliphatic carbocycles. The molecule has 0 aromatic carbocycles. The summed E-state index contributed by atoms with van der Waals surface area (Å²) in [5.74, 6) is -0.414. The third-order valence-corrected chi connectivity index (χ3v) is 3.37. The average molecular weight is 244 g/mol. The van der Waals surface area contributed by atoms with Crippen LogP contribution >= 0.6 is 23.1 Å². The zero-order chi connectivity index (χ0) is 11.3. The SMILES string of the molecule is CCOC(=O)c1sc(SC)nc1N=[N+]=[N-]. The van der Waals surface area contributed by atoms with Gasteiger partial charge in [0.15, 0.2) is 10.2 Å². The van der Waals surface area contributed by atoms with E-state index >= 15 is 0 Å². The van der Waals surface area contributed by atoms with Crippen LogP contribution in [0.4, 0.5) is 5.82 Å². The standard InChI is InChI=1S/C7H8N4O2S2/c1-3-13-6(12)4-5(10-11-8)9-7(14-2)15-4/h3H2,1-2H3. The summed E-state index contributed by atoms with van der Waals surface area (Å²) in [5, 5.41) is 3.34. The van der Waals surface area contributed by atoms with Crippen molar-refractivity contribution in [1.29, 1.82) is 0 Å². The Hall–Kier alpha value is -1.24. The minimum atomic E-state index is -0.502. The first-order valence-electron chi connectivity index (χ1n) is 4.00. The minimum Gasteiger partial charge on any atom is -0.462 e. The predicted octanol–water partition coefficient (Wildman–Crippen LogP) is 2.98. The lowest BCUT2D eigenvalue weighted by atomic mass is 10.5. The summed E-state index contributed by atoms with van der Waals surface area (Å²) in [5.41, 5.74) is 8.30. The molecule has 1 rings (SSSR count). The molecule has 0 spiro atoms. The van der Waals surface area contributed by atoms with Crippen molar-refractivity contribution in [2.45, 2.75) is 11.3 Å². The normalized spacial score (nSPS) is 9.47. The maximum absolute atomic E-state index is 11.4. The van der Waals surface area contributed by atoms with Gasteiger partial charge in [0.05, 0.1) is 6.61 Å². The lowest BCUT2D eigenvalue weighted by Gasteiger charge is -1.97. The van der Waals surface area contributed by atoms with Crippen LogP contribution in [0.3, 0.4) is 0 Å². The summed E-state index contributed by atoms with van der Waals surface area (Å²) in [7, 11) is 0.